The third-order valence-corrected chi connectivity index (χ3v) is 4.33. The number of hydrogen-bond acceptors (Lipinski definition) is 3. The summed E-state index contributed by atoms with van der Waals surface area (Å²) in [6, 6.07) is 4.30. The van der Waals surface area contributed by atoms with Crippen LogP contribution in [0.15, 0.2) is 36.9 Å². The molecule has 8 heteroatoms. The summed E-state index contributed by atoms with van der Waals surface area (Å²) in [5.74, 6) is -0.313. The van der Waals surface area contributed by atoms with Crippen LogP contribution in [0.1, 0.15) is 31.1 Å². The molecule has 0 unspecified atom stereocenters. The zero-order chi connectivity index (χ0) is 19.3. The summed E-state index contributed by atoms with van der Waals surface area (Å²) in [6.45, 7) is 6.77. The molecule has 0 aliphatic rings. The molecule has 0 saturated heterocycles. The van der Waals surface area contributed by atoms with Crippen molar-refractivity contribution >= 4 is 29.2 Å². The molecule has 1 atom stereocenters. The van der Waals surface area contributed by atoms with E-state index in [0.717, 1.165) is 0 Å². The fourth-order valence-electron chi connectivity index (χ4n) is 2.38. The van der Waals surface area contributed by atoms with Gasteiger partial charge < -0.3 is 20.5 Å². The number of amides is 3. The molecule has 7 nitrogen and oxygen atoms in total. The average molecular weight is 378 g/mol. The Morgan fingerprint density at radius 2 is 2.04 bits per heavy atom. The van der Waals surface area contributed by atoms with Crippen molar-refractivity contribution in [1.82, 2.24) is 20.2 Å². The molecule has 0 aliphatic carbocycles. The highest BCUT2D eigenvalue weighted by molar-refractivity contribution is 6.34. The van der Waals surface area contributed by atoms with Crippen LogP contribution in [0.5, 0.6) is 0 Å². The number of nitrogens with one attached hydrogen (secondary N) is 3. The Kier molecular flexibility index (Phi) is 6.26. The molecule has 1 aromatic carbocycles. The molecule has 0 bridgehead atoms. The number of anilines is 1. The maximum atomic E-state index is 12.5. The summed E-state index contributed by atoms with van der Waals surface area (Å²) in [4.78, 5) is 28.3. The first-order valence-electron chi connectivity index (χ1n) is 8.25. The van der Waals surface area contributed by atoms with E-state index in [2.05, 4.69) is 41.7 Å². The predicted octanol–water partition coefficient (Wildman–Crippen LogP) is 3.13. The molecule has 1 heterocycles. The van der Waals surface area contributed by atoms with Gasteiger partial charge in [-0.15, -0.1) is 0 Å². The Labute approximate surface area is 158 Å². The third kappa shape index (κ3) is 5.23. The van der Waals surface area contributed by atoms with E-state index in [1.54, 1.807) is 30.7 Å². The summed E-state index contributed by atoms with van der Waals surface area (Å²) < 4.78 is 1.92. The Balaban J connectivity index is 2.09. The second-order valence-corrected chi connectivity index (χ2v) is 7.46. The lowest BCUT2D eigenvalue weighted by molar-refractivity contribution is 0.0963. The minimum atomic E-state index is -0.352. The molecule has 0 saturated carbocycles. The molecule has 140 valence electrons. The number of carbonyl (C=O) groups excluding carboxylic acids is 2. The number of urea groups is 1. The molecule has 0 radical (unpaired) electrons. The quantitative estimate of drug-likeness (QED) is 0.747. The summed E-state index contributed by atoms with van der Waals surface area (Å²) in [6.07, 6.45) is 5.27. The zero-order valence-corrected chi connectivity index (χ0v) is 16.1. The van der Waals surface area contributed by atoms with Gasteiger partial charge in [-0.3, -0.25) is 4.79 Å². The van der Waals surface area contributed by atoms with E-state index < -0.39 is 0 Å². The van der Waals surface area contributed by atoms with Gasteiger partial charge in [0.25, 0.3) is 5.91 Å². The van der Waals surface area contributed by atoms with Crippen molar-refractivity contribution in [1.29, 1.82) is 0 Å². The minimum absolute atomic E-state index is 0.123. The van der Waals surface area contributed by atoms with Crippen LogP contribution in [0.3, 0.4) is 0 Å². The van der Waals surface area contributed by atoms with Crippen LogP contribution in [0.2, 0.25) is 5.02 Å². The lowest BCUT2D eigenvalue weighted by atomic mass is 9.86. The van der Waals surface area contributed by atoms with Crippen molar-refractivity contribution in [2.45, 2.75) is 33.4 Å². The number of rotatable bonds is 5. The number of carbonyl (C=O) groups is 2. The van der Waals surface area contributed by atoms with E-state index in [-0.39, 0.29) is 23.4 Å². The van der Waals surface area contributed by atoms with Crippen LogP contribution < -0.4 is 16.0 Å². The van der Waals surface area contributed by atoms with Gasteiger partial charge in [-0.2, -0.15) is 0 Å². The standard InChI is InChI=1S/C18H24ClN5O2/c1-18(2,3)15(10-24-8-7-21-11-24)23-17(26)22-12-5-6-14(19)13(9-12)16(25)20-4/h5-9,11,15H,10H2,1-4H3,(H,20,25)(H2,22,23,26)/t15-/m0/s1. The molecule has 0 aliphatic heterocycles. The number of benzene rings is 1. The minimum Gasteiger partial charge on any atom is -0.355 e. The number of imidazole rings is 1. The van der Waals surface area contributed by atoms with Crippen molar-refractivity contribution in [2.24, 2.45) is 5.41 Å². The van der Waals surface area contributed by atoms with Gasteiger partial charge in [0, 0.05) is 31.7 Å². The molecular formula is C18H24ClN5O2. The van der Waals surface area contributed by atoms with E-state index in [9.17, 15) is 9.59 Å². The maximum Gasteiger partial charge on any atom is 0.319 e. The van der Waals surface area contributed by atoms with Gasteiger partial charge in [-0.25, -0.2) is 9.78 Å². The van der Waals surface area contributed by atoms with Crippen molar-refractivity contribution in [3.8, 4) is 0 Å². The molecule has 0 spiro atoms. The fourth-order valence-corrected chi connectivity index (χ4v) is 2.58. The van der Waals surface area contributed by atoms with Crippen molar-refractivity contribution in [3.05, 3.63) is 47.5 Å². The number of hydrogen-bond donors (Lipinski definition) is 3. The second kappa shape index (κ2) is 8.23. The highest BCUT2D eigenvalue weighted by Crippen LogP contribution is 2.22. The zero-order valence-electron chi connectivity index (χ0n) is 15.3. The normalized spacial score (nSPS) is 12.3. The van der Waals surface area contributed by atoms with Crippen LogP contribution >= 0.6 is 11.6 Å². The summed E-state index contributed by atoms with van der Waals surface area (Å²) >= 11 is 6.03. The van der Waals surface area contributed by atoms with Gasteiger partial charge in [0.2, 0.25) is 0 Å². The number of aromatic nitrogens is 2. The van der Waals surface area contributed by atoms with Gasteiger partial charge >= 0.3 is 6.03 Å². The summed E-state index contributed by atoms with van der Waals surface area (Å²) in [5, 5.41) is 8.59. The second-order valence-electron chi connectivity index (χ2n) is 7.05. The van der Waals surface area contributed by atoms with E-state index in [1.807, 2.05) is 10.8 Å². The molecule has 3 amide bonds. The van der Waals surface area contributed by atoms with Crippen LogP contribution in [-0.4, -0.2) is 34.6 Å². The van der Waals surface area contributed by atoms with Gasteiger partial charge in [0.15, 0.2) is 0 Å². The first kappa shape index (κ1) is 19.8. The van der Waals surface area contributed by atoms with E-state index in [1.165, 1.54) is 7.05 Å². The van der Waals surface area contributed by atoms with Crippen molar-refractivity contribution < 1.29 is 9.59 Å². The average Bonchev–Trinajstić information content (AvgIpc) is 3.07. The highest BCUT2D eigenvalue weighted by atomic mass is 35.5. The fraction of sp³-hybridized carbons (Fsp3) is 0.389. The molecule has 2 rings (SSSR count). The molecule has 26 heavy (non-hydrogen) atoms. The largest absolute Gasteiger partial charge is 0.355 e. The summed E-state index contributed by atoms with van der Waals surface area (Å²) in [5.41, 5.74) is 0.632. The molecular weight excluding hydrogens is 354 g/mol. The van der Waals surface area contributed by atoms with Crippen molar-refractivity contribution in [2.75, 3.05) is 12.4 Å². The smallest absolute Gasteiger partial charge is 0.319 e. The Morgan fingerprint density at radius 1 is 1.31 bits per heavy atom. The lowest BCUT2D eigenvalue weighted by Crippen LogP contribution is -2.47. The first-order valence-corrected chi connectivity index (χ1v) is 8.63. The molecule has 2 aromatic rings. The van der Waals surface area contributed by atoms with E-state index >= 15 is 0 Å². The molecule has 3 N–H and O–H groups in total. The number of halogens is 1. The Morgan fingerprint density at radius 3 is 2.62 bits per heavy atom. The van der Waals surface area contributed by atoms with E-state index in [4.69, 9.17) is 11.6 Å². The number of nitrogens with zero attached hydrogens (tertiary/aromatic N) is 2. The summed E-state index contributed by atoms with van der Waals surface area (Å²) in [7, 11) is 1.52. The van der Waals surface area contributed by atoms with Gasteiger partial charge in [-0.05, 0) is 23.6 Å². The third-order valence-electron chi connectivity index (χ3n) is 4.00. The van der Waals surface area contributed by atoms with Crippen LogP contribution in [0, 0.1) is 5.41 Å². The first-order chi connectivity index (χ1) is 12.2. The highest BCUT2D eigenvalue weighted by Gasteiger charge is 2.26. The topological polar surface area (TPSA) is 88.0 Å². The van der Waals surface area contributed by atoms with Crippen molar-refractivity contribution in [3.63, 3.8) is 0 Å². The van der Waals surface area contributed by atoms with E-state index in [0.29, 0.717) is 22.8 Å². The van der Waals surface area contributed by atoms with Crippen LogP contribution in [0.4, 0.5) is 10.5 Å². The Hall–Kier alpha value is -2.54. The van der Waals surface area contributed by atoms with Crippen LogP contribution in [0.25, 0.3) is 0 Å². The van der Waals surface area contributed by atoms with Gasteiger partial charge in [-0.1, -0.05) is 32.4 Å². The monoisotopic (exact) mass is 377 g/mol. The molecule has 0 fully saturated rings. The molecule has 1 aromatic heterocycles. The van der Waals surface area contributed by atoms with Crippen LogP contribution in [-0.2, 0) is 6.54 Å². The Bertz CT molecular complexity index is 768. The van der Waals surface area contributed by atoms with Gasteiger partial charge in [0.1, 0.15) is 0 Å². The maximum absolute atomic E-state index is 12.5. The SMILES string of the molecule is CNC(=O)c1cc(NC(=O)N[C@@H](Cn2ccnc2)C(C)(C)C)ccc1Cl. The lowest BCUT2D eigenvalue weighted by Gasteiger charge is -2.31. The predicted molar refractivity (Wildman–Crippen MR) is 102 cm³/mol. The van der Waals surface area contributed by atoms with Gasteiger partial charge in [0.05, 0.1) is 23.0 Å².